The summed E-state index contributed by atoms with van der Waals surface area (Å²) in [6.45, 7) is 1.47. The van der Waals surface area contributed by atoms with Gasteiger partial charge in [-0.1, -0.05) is 53.0 Å². The average molecular weight is 238 g/mol. The Morgan fingerprint density at radius 1 is 1.31 bits per heavy atom. The first kappa shape index (κ1) is 10.8. The fraction of sp³-hybridized carbons (Fsp3) is 0.222. The number of alkyl halides is 3. The average Bonchev–Trinajstić information content (AvgIpc) is 2.03. The van der Waals surface area contributed by atoms with Crippen LogP contribution in [0.15, 0.2) is 24.3 Å². The van der Waals surface area contributed by atoms with Gasteiger partial charge in [0.25, 0.3) is 0 Å². The summed E-state index contributed by atoms with van der Waals surface area (Å²) < 4.78 is -1.47. The number of hydrogen-bond donors (Lipinski definition) is 0. The van der Waals surface area contributed by atoms with Crippen molar-refractivity contribution in [2.75, 3.05) is 0 Å². The molecular formula is C9H7Cl3O. The van der Waals surface area contributed by atoms with Crippen LogP contribution in [0.4, 0.5) is 0 Å². The second-order valence-corrected chi connectivity index (χ2v) is 4.92. The maximum atomic E-state index is 11.0. The molecule has 0 aliphatic rings. The summed E-state index contributed by atoms with van der Waals surface area (Å²) in [7, 11) is 0. The first-order valence-corrected chi connectivity index (χ1v) is 4.73. The Kier molecular flexibility index (Phi) is 3.23. The molecule has 0 N–H and O–H groups in total. The Bertz CT molecular complexity index is 328. The van der Waals surface area contributed by atoms with Crippen molar-refractivity contribution in [3.05, 3.63) is 35.4 Å². The summed E-state index contributed by atoms with van der Waals surface area (Å²) in [5.74, 6) is -0.0453. The van der Waals surface area contributed by atoms with E-state index in [9.17, 15) is 4.79 Å². The Hall–Kier alpha value is -0.240. The first-order chi connectivity index (χ1) is 5.91. The first-order valence-electron chi connectivity index (χ1n) is 3.59. The second kappa shape index (κ2) is 3.87. The van der Waals surface area contributed by atoms with Crippen LogP contribution < -0.4 is 0 Å². The van der Waals surface area contributed by atoms with Crippen molar-refractivity contribution in [3.8, 4) is 0 Å². The minimum atomic E-state index is -1.47. The van der Waals surface area contributed by atoms with Crippen molar-refractivity contribution in [2.24, 2.45) is 0 Å². The number of benzene rings is 1. The highest BCUT2D eigenvalue weighted by Crippen LogP contribution is 2.38. The Morgan fingerprint density at radius 2 is 1.92 bits per heavy atom. The standard InChI is InChI=1S/C9H7Cl3O/c1-6(13)7-3-2-4-8(5-7)9(10,11)12/h2-5H,1H3. The van der Waals surface area contributed by atoms with Gasteiger partial charge in [-0.15, -0.1) is 0 Å². The summed E-state index contributed by atoms with van der Waals surface area (Å²) in [4.78, 5) is 11.0. The predicted molar refractivity (Wildman–Crippen MR) is 55.7 cm³/mol. The lowest BCUT2D eigenvalue weighted by molar-refractivity contribution is 0.101. The molecule has 70 valence electrons. The molecule has 4 heteroatoms. The molecule has 0 amide bonds. The van der Waals surface area contributed by atoms with E-state index in [1.807, 2.05) is 0 Å². The molecular weight excluding hydrogens is 230 g/mol. The summed E-state index contributed by atoms with van der Waals surface area (Å²) in [5, 5.41) is 0. The van der Waals surface area contributed by atoms with Crippen molar-refractivity contribution < 1.29 is 4.79 Å². The summed E-state index contributed by atoms with van der Waals surface area (Å²) >= 11 is 17.0. The molecule has 1 rings (SSSR count). The highest BCUT2D eigenvalue weighted by molar-refractivity contribution is 6.66. The van der Waals surface area contributed by atoms with Crippen molar-refractivity contribution in [3.63, 3.8) is 0 Å². The molecule has 0 spiro atoms. The number of Topliss-reactive ketones (excluding diaryl/α,β-unsaturated/α-hetero) is 1. The molecule has 0 saturated carbocycles. The summed E-state index contributed by atoms with van der Waals surface area (Å²) in [6.07, 6.45) is 0. The van der Waals surface area contributed by atoms with E-state index in [2.05, 4.69) is 0 Å². The van der Waals surface area contributed by atoms with Gasteiger partial charge < -0.3 is 0 Å². The van der Waals surface area contributed by atoms with Crippen LogP contribution in [-0.4, -0.2) is 5.78 Å². The Labute approximate surface area is 91.6 Å². The fourth-order valence-electron chi connectivity index (χ4n) is 0.915. The van der Waals surface area contributed by atoms with E-state index in [-0.39, 0.29) is 5.78 Å². The van der Waals surface area contributed by atoms with Crippen molar-refractivity contribution in [2.45, 2.75) is 10.7 Å². The number of ketones is 1. The Balaban J connectivity index is 3.13. The molecule has 1 aromatic rings. The van der Waals surface area contributed by atoms with Crippen molar-refractivity contribution >= 4 is 40.6 Å². The zero-order valence-electron chi connectivity index (χ0n) is 6.85. The molecule has 0 aliphatic carbocycles. The number of rotatable bonds is 1. The molecule has 0 fully saturated rings. The van der Waals surface area contributed by atoms with Crippen LogP contribution in [-0.2, 0) is 3.79 Å². The van der Waals surface area contributed by atoms with Crippen LogP contribution in [0.5, 0.6) is 0 Å². The van der Waals surface area contributed by atoms with E-state index in [1.54, 1.807) is 24.3 Å². The SMILES string of the molecule is CC(=O)c1cccc(C(Cl)(Cl)Cl)c1. The molecule has 13 heavy (non-hydrogen) atoms. The highest BCUT2D eigenvalue weighted by Gasteiger charge is 2.22. The fourth-order valence-corrected chi connectivity index (χ4v) is 1.27. The molecule has 0 aliphatic heterocycles. The van der Waals surface area contributed by atoms with Gasteiger partial charge >= 0.3 is 0 Å². The zero-order valence-corrected chi connectivity index (χ0v) is 9.12. The molecule has 0 heterocycles. The van der Waals surface area contributed by atoms with E-state index < -0.39 is 3.79 Å². The molecule has 0 unspecified atom stereocenters. The second-order valence-electron chi connectivity index (χ2n) is 2.63. The molecule has 1 aromatic carbocycles. The van der Waals surface area contributed by atoms with E-state index in [0.717, 1.165) is 0 Å². The molecule has 1 nitrogen and oxygen atoms in total. The largest absolute Gasteiger partial charge is 0.295 e. The molecule has 0 bridgehead atoms. The highest BCUT2D eigenvalue weighted by atomic mass is 35.6. The molecule has 0 aromatic heterocycles. The van der Waals surface area contributed by atoms with Gasteiger partial charge in [0.05, 0.1) is 0 Å². The lowest BCUT2D eigenvalue weighted by atomic mass is 10.1. The number of carbonyl (C=O) groups excluding carboxylic acids is 1. The van der Waals surface area contributed by atoms with Crippen molar-refractivity contribution in [1.82, 2.24) is 0 Å². The van der Waals surface area contributed by atoms with Crippen LogP contribution in [0.2, 0.25) is 0 Å². The smallest absolute Gasteiger partial charge is 0.216 e. The molecule has 0 atom stereocenters. The van der Waals surface area contributed by atoms with E-state index in [1.165, 1.54) is 6.92 Å². The summed E-state index contributed by atoms with van der Waals surface area (Å²) in [6, 6.07) is 6.62. The topological polar surface area (TPSA) is 17.1 Å². The van der Waals surface area contributed by atoms with Gasteiger partial charge in [-0.25, -0.2) is 0 Å². The van der Waals surface area contributed by atoms with Gasteiger partial charge in [-0.3, -0.25) is 4.79 Å². The number of halogens is 3. The van der Waals surface area contributed by atoms with E-state index >= 15 is 0 Å². The maximum Gasteiger partial charge on any atom is 0.216 e. The monoisotopic (exact) mass is 236 g/mol. The normalized spacial score (nSPS) is 11.4. The molecule has 0 saturated heterocycles. The van der Waals surface area contributed by atoms with Gasteiger partial charge in [0, 0.05) is 11.1 Å². The van der Waals surface area contributed by atoms with Gasteiger partial charge in [0.15, 0.2) is 5.78 Å². The number of carbonyl (C=O) groups is 1. The van der Waals surface area contributed by atoms with E-state index in [4.69, 9.17) is 34.8 Å². The quantitative estimate of drug-likeness (QED) is 0.537. The number of hydrogen-bond acceptors (Lipinski definition) is 1. The molecule has 0 radical (unpaired) electrons. The van der Waals surface area contributed by atoms with Crippen LogP contribution in [0, 0.1) is 0 Å². The predicted octanol–water partition coefficient (Wildman–Crippen LogP) is 3.72. The van der Waals surface area contributed by atoms with Gasteiger partial charge in [0.2, 0.25) is 3.79 Å². The van der Waals surface area contributed by atoms with Gasteiger partial charge in [0.1, 0.15) is 0 Å². The van der Waals surface area contributed by atoms with Gasteiger partial charge in [-0.05, 0) is 13.0 Å². The van der Waals surface area contributed by atoms with E-state index in [0.29, 0.717) is 11.1 Å². The van der Waals surface area contributed by atoms with Crippen LogP contribution in [0.25, 0.3) is 0 Å². The van der Waals surface area contributed by atoms with Gasteiger partial charge in [-0.2, -0.15) is 0 Å². The minimum absolute atomic E-state index is 0.0453. The third-order valence-electron chi connectivity index (χ3n) is 1.60. The van der Waals surface area contributed by atoms with Crippen LogP contribution in [0.3, 0.4) is 0 Å². The van der Waals surface area contributed by atoms with Crippen molar-refractivity contribution in [1.29, 1.82) is 0 Å². The summed E-state index contributed by atoms with van der Waals surface area (Å²) in [5.41, 5.74) is 1.05. The Morgan fingerprint density at radius 3 is 2.38 bits per heavy atom. The van der Waals surface area contributed by atoms with Crippen LogP contribution in [0.1, 0.15) is 22.8 Å². The third-order valence-corrected chi connectivity index (χ3v) is 2.25. The zero-order chi connectivity index (χ0) is 10.1. The lowest BCUT2D eigenvalue weighted by Crippen LogP contribution is -2.02. The lowest BCUT2D eigenvalue weighted by Gasteiger charge is -2.11. The third kappa shape index (κ3) is 2.87. The van der Waals surface area contributed by atoms with Crippen LogP contribution >= 0.6 is 34.8 Å². The maximum absolute atomic E-state index is 11.0. The minimum Gasteiger partial charge on any atom is -0.295 e.